The van der Waals surface area contributed by atoms with Gasteiger partial charge in [-0.05, 0) is 38.5 Å². The normalized spacial score (nSPS) is 30.0. The fraction of sp³-hybridized carbons (Fsp3) is 0.938. The van der Waals surface area contributed by atoms with E-state index in [2.05, 4.69) is 29.5 Å². The van der Waals surface area contributed by atoms with Crippen LogP contribution in [0.15, 0.2) is 4.99 Å². The van der Waals surface area contributed by atoms with E-state index in [9.17, 15) is 5.11 Å². The van der Waals surface area contributed by atoms with Gasteiger partial charge in [-0.25, -0.2) is 0 Å². The summed E-state index contributed by atoms with van der Waals surface area (Å²) in [6.07, 6.45) is 6.36. The Balaban J connectivity index is 1.86. The zero-order valence-corrected chi connectivity index (χ0v) is 13.5. The van der Waals surface area contributed by atoms with Gasteiger partial charge in [0.15, 0.2) is 5.96 Å². The molecular weight excluding hydrogens is 266 g/mol. The van der Waals surface area contributed by atoms with Crippen LogP contribution in [-0.2, 0) is 4.74 Å². The van der Waals surface area contributed by atoms with Crippen molar-refractivity contribution in [2.75, 3.05) is 26.3 Å². The van der Waals surface area contributed by atoms with Crippen LogP contribution >= 0.6 is 0 Å². The van der Waals surface area contributed by atoms with Gasteiger partial charge in [0.25, 0.3) is 0 Å². The summed E-state index contributed by atoms with van der Waals surface area (Å²) in [5.74, 6) is 1.70. The maximum Gasteiger partial charge on any atom is 0.191 e. The number of hydrogen-bond donors (Lipinski definition) is 3. The van der Waals surface area contributed by atoms with Gasteiger partial charge in [-0.15, -0.1) is 0 Å². The Hall–Kier alpha value is -0.810. The van der Waals surface area contributed by atoms with Gasteiger partial charge < -0.3 is 20.5 Å². The third-order valence-corrected chi connectivity index (χ3v) is 4.66. The molecule has 0 unspecified atom stereocenters. The Labute approximate surface area is 128 Å². The van der Waals surface area contributed by atoms with Crippen LogP contribution in [-0.4, -0.2) is 49.0 Å². The van der Waals surface area contributed by atoms with Crippen LogP contribution in [0.5, 0.6) is 0 Å². The summed E-state index contributed by atoms with van der Waals surface area (Å²) < 4.78 is 5.31. The fourth-order valence-corrected chi connectivity index (χ4v) is 3.05. The van der Waals surface area contributed by atoms with E-state index < -0.39 is 5.60 Å². The lowest BCUT2D eigenvalue weighted by atomic mass is 9.87. The highest BCUT2D eigenvalue weighted by molar-refractivity contribution is 5.80. The van der Waals surface area contributed by atoms with Crippen molar-refractivity contribution < 1.29 is 9.84 Å². The number of ether oxygens (including phenoxy) is 1. The molecule has 2 rings (SSSR count). The molecule has 0 atom stereocenters. The largest absolute Gasteiger partial charge is 0.388 e. The van der Waals surface area contributed by atoms with Crippen molar-refractivity contribution in [2.45, 2.75) is 64.0 Å². The van der Waals surface area contributed by atoms with Crippen LogP contribution in [0.3, 0.4) is 0 Å². The summed E-state index contributed by atoms with van der Waals surface area (Å²) in [7, 11) is 0. The molecule has 1 saturated carbocycles. The molecule has 1 aliphatic carbocycles. The Morgan fingerprint density at radius 1 is 1.24 bits per heavy atom. The second kappa shape index (κ2) is 7.99. The van der Waals surface area contributed by atoms with Crippen LogP contribution in [0, 0.1) is 5.92 Å². The average molecular weight is 297 g/mol. The number of nitrogens with one attached hydrogen (secondary N) is 2. The summed E-state index contributed by atoms with van der Waals surface area (Å²) in [6, 6.07) is 0.517. The van der Waals surface area contributed by atoms with Crippen molar-refractivity contribution in [3.05, 3.63) is 0 Å². The molecule has 0 bridgehead atoms. The zero-order valence-electron chi connectivity index (χ0n) is 13.5. The number of rotatable bonds is 4. The summed E-state index contributed by atoms with van der Waals surface area (Å²) >= 11 is 0. The Morgan fingerprint density at radius 3 is 2.52 bits per heavy atom. The molecule has 0 spiro atoms. The molecule has 1 saturated heterocycles. The van der Waals surface area contributed by atoms with Gasteiger partial charge in [-0.1, -0.05) is 6.92 Å². The third-order valence-electron chi connectivity index (χ3n) is 4.66. The van der Waals surface area contributed by atoms with E-state index in [4.69, 9.17) is 4.74 Å². The van der Waals surface area contributed by atoms with E-state index in [0.717, 1.165) is 18.4 Å². The molecular formula is C16H31N3O2. The van der Waals surface area contributed by atoms with Crippen molar-refractivity contribution >= 4 is 5.96 Å². The maximum absolute atomic E-state index is 10.5. The number of nitrogens with zero attached hydrogens (tertiary/aromatic N) is 1. The molecule has 0 aromatic rings. The summed E-state index contributed by atoms with van der Waals surface area (Å²) in [6.45, 7) is 6.97. The van der Waals surface area contributed by atoms with Gasteiger partial charge in [0.05, 0.1) is 12.1 Å². The molecule has 0 aromatic carbocycles. The smallest absolute Gasteiger partial charge is 0.191 e. The topological polar surface area (TPSA) is 65.9 Å². The van der Waals surface area contributed by atoms with Crippen LogP contribution in [0.4, 0.5) is 0 Å². The van der Waals surface area contributed by atoms with Gasteiger partial charge in [0, 0.05) is 38.6 Å². The molecule has 3 N–H and O–H groups in total. The SMILES string of the molecule is CCNC(=NCC1(O)CCOCC1)NC1CCC(C)CC1. The summed E-state index contributed by atoms with van der Waals surface area (Å²) in [5.41, 5.74) is -0.693. The predicted molar refractivity (Wildman–Crippen MR) is 85.5 cm³/mol. The van der Waals surface area contributed by atoms with Crippen LogP contribution in [0.2, 0.25) is 0 Å². The Kier molecular flexibility index (Phi) is 6.30. The van der Waals surface area contributed by atoms with Gasteiger partial charge in [-0.2, -0.15) is 0 Å². The lowest BCUT2D eigenvalue weighted by molar-refractivity contribution is -0.0566. The van der Waals surface area contributed by atoms with Gasteiger partial charge in [0.1, 0.15) is 0 Å². The lowest BCUT2D eigenvalue weighted by Gasteiger charge is -2.31. The Bertz CT molecular complexity index is 332. The standard InChI is InChI=1S/C16H31N3O2/c1-3-17-15(19-14-6-4-13(2)5-7-14)18-12-16(20)8-10-21-11-9-16/h13-14,20H,3-12H2,1-2H3,(H2,17,18,19). The maximum atomic E-state index is 10.5. The van der Waals surface area contributed by atoms with Crippen LogP contribution < -0.4 is 10.6 Å². The van der Waals surface area contributed by atoms with E-state index in [1.807, 2.05) is 0 Å². The highest BCUT2D eigenvalue weighted by Gasteiger charge is 2.29. The predicted octanol–water partition coefficient (Wildman–Crippen LogP) is 1.66. The van der Waals surface area contributed by atoms with Crippen LogP contribution in [0.1, 0.15) is 52.4 Å². The summed E-state index contributed by atoms with van der Waals surface area (Å²) in [5, 5.41) is 17.3. The highest BCUT2D eigenvalue weighted by Crippen LogP contribution is 2.23. The molecule has 5 heteroatoms. The minimum absolute atomic E-state index is 0.453. The lowest BCUT2D eigenvalue weighted by Crippen LogP contribution is -2.46. The van der Waals surface area contributed by atoms with Crippen LogP contribution in [0.25, 0.3) is 0 Å². The molecule has 21 heavy (non-hydrogen) atoms. The minimum Gasteiger partial charge on any atom is -0.388 e. The third kappa shape index (κ3) is 5.47. The first-order chi connectivity index (χ1) is 10.1. The highest BCUT2D eigenvalue weighted by atomic mass is 16.5. The monoisotopic (exact) mass is 297 g/mol. The van der Waals surface area contributed by atoms with Crippen molar-refractivity contribution in [3.8, 4) is 0 Å². The van der Waals surface area contributed by atoms with E-state index in [-0.39, 0.29) is 0 Å². The molecule has 0 radical (unpaired) electrons. The molecule has 0 amide bonds. The zero-order chi connectivity index (χ0) is 15.1. The molecule has 5 nitrogen and oxygen atoms in total. The molecule has 1 aliphatic heterocycles. The quantitative estimate of drug-likeness (QED) is 0.545. The van der Waals surface area contributed by atoms with Crippen molar-refractivity contribution in [3.63, 3.8) is 0 Å². The molecule has 122 valence electrons. The molecule has 2 aliphatic rings. The van der Waals surface area contributed by atoms with E-state index >= 15 is 0 Å². The second-order valence-electron chi connectivity index (χ2n) is 6.63. The van der Waals surface area contributed by atoms with Gasteiger partial charge >= 0.3 is 0 Å². The van der Waals surface area contributed by atoms with E-state index in [0.29, 0.717) is 38.6 Å². The number of hydrogen-bond acceptors (Lipinski definition) is 3. The number of aliphatic hydroxyl groups is 1. The first-order valence-corrected chi connectivity index (χ1v) is 8.46. The molecule has 0 aromatic heterocycles. The van der Waals surface area contributed by atoms with E-state index in [1.54, 1.807) is 0 Å². The van der Waals surface area contributed by atoms with Gasteiger partial charge in [0.2, 0.25) is 0 Å². The first-order valence-electron chi connectivity index (χ1n) is 8.46. The van der Waals surface area contributed by atoms with Crippen molar-refractivity contribution in [1.82, 2.24) is 10.6 Å². The Morgan fingerprint density at radius 2 is 1.90 bits per heavy atom. The number of guanidine groups is 1. The molecule has 2 fully saturated rings. The van der Waals surface area contributed by atoms with E-state index in [1.165, 1.54) is 25.7 Å². The number of aliphatic imine (C=N–C) groups is 1. The average Bonchev–Trinajstić information content (AvgIpc) is 2.48. The van der Waals surface area contributed by atoms with Gasteiger partial charge in [-0.3, -0.25) is 4.99 Å². The fourth-order valence-electron chi connectivity index (χ4n) is 3.05. The molecule has 1 heterocycles. The minimum atomic E-state index is -0.693. The second-order valence-corrected chi connectivity index (χ2v) is 6.63. The summed E-state index contributed by atoms with van der Waals surface area (Å²) in [4.78, 5) is 4.61. The van der Waals surface area contributed by atoms with Crippen molar-refractivity contribution in [2.24, 2.45) is 10.9 Å². The van der Waals surface area contributed by atoms with Crippen molar-refractivity contribution in [1.29, 1.82) is 0 Å². The first kappa shape index (κ1) is 16.6.